The molecule has 0 saturated carbocycles. The van der Waals surface area contributed by atoms with E-state index in [4.69, 9.17) is 5.10 Å². The molecule has 25 heavy (non-hydrogen) atoms. The van der Waals surface area contributed by atoms with Gasteiger partial charge in [-0.25, -0.2) is 9.07 Å². The molecule has 1 aliphatic carbocycles. The second-order valence-electron chi connectivity index (χ2n) is 5.98. The van der Waals surface area contributed by atoms with Crippen molar-refractivity contribution in [2.75, 3.05) is 7.05 Å². The maximum absolute atomic E-state index is 14.3. The van der Waals surface area contributed by atoms with Crippen LogP contribution in [-0.2, 0) is 6.42 Å². The Morgan fingerprint density at radius 3 is 2.56 bits per heavy atom. The van der Waals surface area contributed by atoms with E-state index in [2.05, 4.69) is 23.2 Å². The molecule has 0 atom stereocenters. The Morgan fingerprint density at radius 1 is 1.00 bits per heavy atom. The molecule has 0 fully saturated rings. The van der Waals surface area contributed by atoms with E-state index in [1.807, 2.05) is 17.5 Å². The summed E-state index contributed by atoms with van der Waals surface area (Å²) in [6.07, 6.45) is 3.07. The first-order valence-corrected chi connectivity index (χ1v) is 9.20. The van der Waals surface area contributed by atoms with Gasteiger partial charge in [-0.15, -0.1) is 11.3 Å². The van der Waals surface area contributed by atoms with E-state index in [-0.39, 0.29) is 5.82 Å². The van der Waals surface area contributed by atoms with Crippen LogP contribution in [0.2, 0.25) is 0 Å². The summed E-state index contributed by atoms with van der Waals surface area (Å²) >= 11 is 1.47. The van der Waals surface area contributed by atoms with Crippen molar-refractivity contribution in [3.8, 4) is 11.3 Å². The summed E-state index contributed by atoms with van der Waals surface area (Å²) in [6, 6.07) is 15.2. The zero-order chi connectivity index (χ0) is 17.2. The van der Waals surface area contributed by atoms with Crippen LogP contribution >= 0.6 is 11.3 Å². The predicted molar refractivity (Wildman–Crippen MR) is 101 cm³/mol. The minimum absolute atomic E-state index is 0.249. The van der Waals surface area contributed by atoms with Gasteiger partial charge in [0.15, 0.2) is 0 Å². The van der Waals surface area contributed by atoms with Crippen molar-refractivity contribution in [3.05, 3.63) is 75.7 Å². The number of hydrogen-bond donors (Lipinski definition) is 0. The van der Waals surface area contributed by atoms with E-state index in [9.17, 15) is 4.39 Å². The van der Waals surface area contributed by atoms with Gasteiger partial charge >= 0.3 is 0 Å². The monoisotopic (exact) mass is 351 g/mol. The number of thiazole rings is 1. The average Bonchev–Trinajstić information content (AvgIpc) is 3.05. The van der Waals surface area contributed by atoms with E-state index in [0.29, 0.717) is 5.56 Å². The maximum Gasteiger partial charge on any atom is 0.205 e. The molecular weight excluding hydrogens is 333 g/mol. The molecule has 3 nitrogen and oxygen atoms in total. The van der Waals surface area contributed by atoms with Crippen molar-refractivity contribution in [3.63, 3.8) is 0 Å². The molecule has 2 aromatic carbocycles. The molecule has 0 unspecified atom stereocenters. The molecule has 0 spiro atoms. The van der Waals surface area contributed by atoms with E-state index >= 15 is 0 Å². The van der Waals surface area contributed by atoms with E-state index < -0.39 is 0 Å². The lowest BCUT2D eigenvalue weighted by Crippen LogP contribution is -2.18. The molecule has 3 aromatic rings. The van der Waals surface area contributed by atoms with Crippen LogP contribution in [0.3, 0.4) is 0 Å². The van der Waals surface area contributed by atoms with E-state index in [1.54, 1.807) is 23.9 Å². The van der Waals surface area contributed by atoms with Gasteiger partial charge in [0.2, 0.25) is 4.80 Å². The number of nitrogens with zero attached hydrogens (tertiary/aromatic N) is 3. The van der Waals surface area contributed by atoms with Crippen molar-refractivity contribution in [2.45, 2.75) is 19.3 Å². The number of hydrogen-bond acceptors (Lipinski definition) is 3. The number of aromatic nitrogens is 1. The molecule has 1 aromatic heterocycles. The largest absolute Gasteiger partial charge is 0.261 e. The fourth-order valence-electron chi connectivity index (χ4n) is 3.23. The molecule has 1 aliphatic rings. The Hall–Kier alpha value is -2.53. The molecule has 0 N–H and O–H groups in total. The van der Waals surface area contributed by atoms with Gasteiger partial charge in [-0.05, 0) is 37.0 Å². The van der Waals surface area contributed by atoms with Crippen LogP contribution in [-0.4, -0.2) is 17.4 Å². The van der Waals surface area contributed by atoms with Crippen molar-refractivity contribution >= 4 is 17.0 Å². The topological polar surface area (TPSA) is 29.6 Å². The summed E-state index contributed by atoms with van der Waals surface area (Å²) in [5.41, 5.74) is 4.83. The number of benzene rings is 2. The van der Waals surface area contributed by atoms with Crippen LogP contribution in [0.5, 0.6) is 0 Å². The number of halogens is 1. The Kier molecular flexibility index (Phi) is 4.32. The van der Waals surface area contributed by atoms with Gasteiger partial charge in [0.1, 0.15) is 5.82 Å². The molecule has 0 saturated heterocycles. The minimum Gasteiger partial charge on any atom is -0.261 e. The van der Waals surface area contributed by atoms with Gasteiger partial charge in [-0.3, -0.25) is 4.99 Å². The molecule has 4 rings (SSSR count). The van der Waals surface area contributed by atoms with Gasteiger partial charge in [0.25, 0.3) is 0 Å². The lowest BCUT2D eigenvalue weighted by Gasteiger charge is -2.18. The summed E-state index contributed by atoms with van der Waals surface area (Å²) in [5.74, 6) is -0.249. The van der Waals surface area contributed by atoms with Crippen LogP contribution in [0.15, 0.2) is 64.0 Å². The maximum atomic E-state index is 14.3. The lowest BCUT2D eigenvalue weighted by molar-refractivity contribution is 0.629. The molecule has 0 bridgehead atoms. The van der Waals surface area contributed by atoms with Crippen molar-refractivity contribution in [1.29, 1.82) is 0 Å². The standard InChI is InChI=1S/C20H18FN3S/c1-22-20-24(19(13-25-20)16-10-4-5-11-17(16)21)23-18-12-6-8-14-7-2-3-9-15(14)18/h2-5,7,9-11,13H,6,8,12H2,1H3. The second kappa shape index (κ2) is 6.76. The fraction of sp³-hybridized carbons (Fsp3) is 0.200. The SMILES string of the molecule is CN=c1scc(-c2ccccc2F)n1N=C1CCCc2ccccc21. The Labute approximate surface area is 149 Å². The highest BCUT2D eigenvalue weighted by Crippen LogP contribution is 2.25. The summed E-state index contributed by atoms with van der Waals surface area (Å²) in [4.78, 5) is 5.08. The number of aryl methyl sites for hydroxylation is 1. The number of rotatable bonds is 2. The molecular formula is C20H18FN3S. The van der Waals surface area contributed by atoms with Crippen LogP contribution < -0.4 is 4.80 Å². The van der Waals surface area contributed by atoms with Crippen molar-refractivity contribution in [1.82, 2.24) is 4.68 Å². The van der Waals surface area contributed by atoms with Gasteiger partial charge in [0, 0.05) is 23.6 Å². The lowest BCUT2D eigenvalue weighted by atomic mass is 9.90. The summed E-state index contributed by atoms with van der Waals surface area (Å²) in [6.45, 7) is 0. The molecule has 0 aliphatic heterocycles. The zero-order valence-corrected chi connectivity index (χ0v) is 14.8. The molecule has 1 heterocycles. The van der Waals surface area contributed by atoms with E-state index in [1.165, 1.54) is 28.5 Å². The fourth-order valence-corrected chi connectivity index (χ4v) is 4.02. The molecule has 0 radical (unpaired) electrons. The Morgan fingerprint density at radius 2 is 1.76 bits per heavy atom. The van der Waals surface area contributed by atoms with Crippen LogP contribution in [0.25, 0.3) is 11.3 Å². The third-order valence-corrected chi connectivity index (χ3v) is 5.34. The number of fused-ring (bicyclic) bond motifs is 1. The highest BCUT2D eigenvalue weighted by atomic mass is 32.1. The summed E-state index contributed by atoms with van der Waals surface area (Å²) in [7, 11) is 1.74. The van der Waals surface area contributed by atoms with Gasteiger partial charge in [0.05, 0.1) is 11.4 Å². The molecule has 5 heteroatoms. The Balaban J connectivity index is 1.90. The smallest absolute Gasteiger partial charge is 0.205 e. The summed E-state index contributed by atoms with van der Waals surface area (Å²) < 4.78 is 16.1. The van der Waals surface area contributed by atoms with Crippen LogP contribution in [0.1, 0.15) is 24.0 Å². The van der Waals surface area contributed by atoms with Crippen LogP contribution in [0, 0.1) is 5.82 Å². The highest BCUT2D eigenvalue weighted by molar-refractivity contribution is 7.07. The Bertz CT molecular complexity index is 1010. The molecule has 0 amide bonds. The van der Waals surface area contributed by atoms with Crippen molar-refractivity contribution in [2.24, 2.45) is 10.1 Å². The average molecular weight is 351 g/mol. The first kappa shape index (κ1) is 16.0. The quantitative estimate of drug-likeness (QED) is 0.652. The van der Waals surface area contributed by atoms with Gasteiger partial charge in [-0.1, -0.05) is 36.4 Å². The second-order valence-corrected chi connectivity index (χ2v) is 6.81. The summed E-state index contributed by atoms with van der Waals surface area (Å²) in [5, 5.41) is 6.81. The third-order valence-electron chi connectivity index (χ3n) is 4.44. The van der Waals surface area contributed by atoms with Crippen molar-refractivity contribution < 1.29 is 4.39 Å². The predicted octanol–water partition coefficient (Wildman–Crippen LogP) is 4.47. The molecule has 126 valence electrons. The first-order chi connectivity index (χ1) is 12.3. The minimum atomic E-state index is -0.249. The van der Waals surface area contributed by atoms with Crippen LogP contribution in [0.4, 0.5) is 4.39 Å². The normalized spacial score (nSPS) is 16.2. The third kappa shape index (κ3) is 2.96. The highest BCUT2D eigenvalue weighted by Gasteiger charge is 2.17. The first-order valence-electron chi connectivity index (χ1n) is 8.32. The zero-order valence-electron chi connectivity index (χ0n) is 13.9. The van der Waals surface area contributed by atoms with E-state index in [0.717, 1.165) is 35.5 Å². The van der Waals surface area contributed by atoms with Gasteiger partial charge < -0.3 is 0 Å². The van der Waals surface area contributed by atoms with Gasteiger partial charge in [-0.2, -0.15) is 5.10 Å².